The average molecular weight is 501 g/mol. The zero-order chi connectivity index (χ0) is 25.7. The van der Waals surface area contributed by atoms with Crippen LogP contribution in [0.25, 0.3) is 0 Å². The standard InChI is InChI=1S/C31H40N4O2/c1-3-32-23-27(24-32)25-33-17-19-34(20-18-33)29-15-10-21-35(2,28-13-8-5-9-14-28)31(36)30(29)37-22-16-26-11-6-4-7-12-26/h4-9,11-14,23-24H,3,10,15-22,25H2,1-2H3/q+2. The number of likely N-dealkylation sites (N-methyl/N-ethyl adjacent to an activating group) is 1. The summed E-state index contributed by atoms with van der Waals surface area (Å²) in [5.74, 6) is 0.643. The molecule has 1 atom stereocenters. The first-order chi connectivity index (χ1) is 18.1. The molecule has 2 aromatic carbocycles. The summed E-state index contributed by atoms with van der Waals surface area (Å²) in [5.41, 5.74) is 4.75. The second-order valence-electron chi connectivity index (χ2n) is 10.4. The smallest absolute Gasteiger partial charge is 0.387 e. The molecule has 0 N–H and O–H groups in total. The topological polar surface area (TPSA) is 35.8 Å². The van der Waals surface area contributed by atoms with Crippen molar-refractivity contribution in [3.8, 4) is 0 Å². The fraction of sp³-hybridized carbons (Fsp3) is 0.419. The molecule has 0 spiro atoms. The van der Waals surface area contributed by atoms with Gasteiger partial charge in [0, 0.05) is 45.6 Å². The van der Waals surface area contributed by atoms with Gasteiger partial charge in [0.15, 0.2) is 12.4 Å². The average Bonchev–Trinajstić information content (AvgIpc) is 3.04. The van der Waals surface area contributed by atoms with E-state index in [2.05, 4.69) is 70.1 Å². The van der Waals surface area contributed by atoms with Crippen LogP contribution >= 0.6 is 0 Å². The van der Waals surface area contributed by atoms with Crippen LogP contribution in [-0.2, 0) is 16.0 Å². The van der Waals surface area contributed by atoms with Gasteiger partial charge < -0.3 is 9.64 Å². The van der Waals surface area contributed by atoms with Crippen LogP contribution in [0, 0.1) is 0 Å². The predicted molar refractivity (Wildman–Crippen MR) is 149 cm³/mol. The molecule has 194 valence electrons. The third-order valence-electron chi connectivity index (χ3n) is 7.92. The van der Waals surface area contributed by atoms with E-state index in [1.165, 1.54) is 11.1 Å². The minimum atomic E-state index is 0.0723. The number of allylic oxidation sites excluding steroid dienone is 1. The van der Waals surface area contributed by atoms with Crippen LogP contribution in [0.1, 0.15) is 25.3 Å². The number of amides is 1. The van der Waals surface area contributed by atoms with Crippen LogP contribution < -0.4 is 4.48 Å². The minimum absolute atomic E-state index is 0.0723. The maximum Gasteiger partial charge on any atom is 0.387 e. The van der Waals surface area contributed by atoms with Crippen molar-refractivity contribution in [3.63, 3.8) is 0 Å². The van der Waals surface area contributed by atoms with E-state index in [0.29, 0.717) is 12.4 Å². The van der Waals surface area contributed by atoms with E-state index in [0.717, 1.165) is 76.5 Å². The van der Waals surface area contributed by atoms with E-state index in [-0.39, 0.29) is 10.4 Å². The monoisotopic (exact) mass is 500 g/mol. The van der Waals surface area contributed by atoms with Crippen molar-refractivity contribution in [3.05, 3.63) is 89.5 Å². The number of ether oxygens (including phenoxy) is 1. The molecule has 0 aromatic heterocycles. The summed E-state index contributed by atoms with van der Waals surface area (Å²) < 4.78 is 8.93. The summed E-state index contributed by atoms with van der Waals surface area (Å²) in [6.07, 6.45) is 7.11. The molecule has 0 saturated carbocycles. The first kappa shape index (κ1) is 25.4. The van der Waals surface area contributed by atoms with Crippen molar-refractivity contribution >= 4 is 17.8 Å². The number of piperazine rings is 1. The molecule has 3 aliphatic heterocycles. The van der Waals surface area contributed by atoms with Crippen molar-refractivity contribution in [2.24, 2.45) is 0 Å². The Kier molecular flexibility index (Phi) is 7.87. The van der Waals surface area contributed by atoms with Gasteiger partial charge in [-0.1, -0.05) is 48.5 Å². The number of carbonyl (C=O) groups excluding carboxylic acids is 1. The van der Waals surface area contributed by atoms with Gasteiger partial charge >= 0.3 is 5.91 Å². The highest BCUT2D eigenvalue weighted by Crippen LogP contribution is 2.32. The van der Waals surface area contributed by atoms with Crippen LogP contribution in [0.2, 0.25) is 0 Å². The van der Waals surface area contributed by atoms with Gasteiger partial charge in [-0.3, -0.25) is 4.90 Å². The Morgan fingerprint density at radius 3 is 2.32 bits per heavy atom. The number of rotatable bonds is 9. The summed E-state index contributed by atoms with van der Waals surface area (Å²) in [6.45, 7) is 9.33. The minimum Gasteiger partial charge on any atom is -0.483 e. The fourth-order valence-corrected chi connectivity index (χ4v) is 5.60. The number of hydrogen-bond donors (Lipinski definition) is 0. The SMILES string of the molecule is CC[N+]1=CC(CN2CCN(C3=C(OCCc4ccccc4)C(=O)[N+](C)(c4ccccc4)CCC3)CC2)=C1. The quantitative estimate of drug-likeness (QED) is 0.385. The number of benzene rings is 2. The first-order valence-corrected chi connectivity index (χ1v) is 13.7. The van der Waals surface area contributed by atoms with Crippen molar-refractivity contribution in [2.75, 3.05) is 59.5 Å². The van der Waals surface area contributed by atoms with Gasteiger partial charge in [-0.05, 0) is 31.0 Å². The Morgan fingerprint density at radius 2 is 1.65 bits per heavy atom. The Morgan fingerprint density at radius 1 is 0.973 bits per heavy atom. The summed E-state index contributed by atoms with van der Waals surface area (Å²) in [5, 5.41) is 0. The summed E-state index contributed by atoms with van der Waals surface area (Å²) in [7, 11) is 2.04. The first-order valence-electron chi connectivity index (χ1n) is 13.7. The predicted octanol–water partition coefficient (Wildman–Crippen LogP) is 4.03. The third-order valence-corrected chi connectivity index (χ3v) is 7.92. The van der Waals surface area contributed by atoms with Crippen molar-refractivity contribution < 1.29 is 14.1 Å². The molecule has 0 aliphatic carbocycles. The molecule has 5 rings (SSSR count). The zero-order valence-corrected chi connectivity index (χ0v) is 22.3. The lowest BCUT2D eigenvalue weighted by molar-refractivity contribution is -0.459. The lowest BCUT2D eigenvalue weighted by atomic mass is 10.1. The lowest BCUT2D eigenvalue weighted by Gasteiger charge is -2.37. The van der Waals surface area contributed by atoms with E-state index >= 15 is 0 Å². The van der Waals surface area contributed by atoms with E-state index in [4.69, 9.17) is 4.74 Å². The van der Waals surface area contributed by atoms with Gasteiger partial charge in [-0.25, -0.2) is 13.9 Å². The maximum atomic E-state index is 14.2. The zero-order valence-electron chi connectivity index (χ0n) is 22.3. The number of quaternary nitrogens is 1. The Hall–Kier alpha value is -3.22. The largest absolute Gasteiger partial charge is 0.483 e. The van der Waals surface area contributed by atoms with Gasteiger partial charge in [0.2, 0.25) is 5.76 Å². The second-order valence-corrected chi connectivity index (χ2v) is 10.4. The molecule has 37 heavy (non-hydrogen) atoms. The van der Waals surface area contributed by atoms with Crippen LogP contribution in [0.5, 0.6) is 0 Å². The lowest BCUT2D eigenvalue weighted by Crippen LogP contribution is -2.52. The molecular weight excluding hydrogens is 460 g/mol. The highest BCUT2D eigenvalue weighted by atomic mass is 16.5. The molecule has 0 bridgehead atoms. The molecule has 3 aliphatic rings. The Bertz CT molecular complexity index is 1180. The summed E-state index contributed by atoms with van der Waals surface area (Å²) >= 11 is 0. The van der Waals surface area contributed by atoms with E-state index in [9.17, 15) is 4.79 Å². The van der Waals surface area contributed by atoms with Gasteiger partial charge in [0.1, 0.15) is 12.2 Å². The number of hydrogen-bond acceptors (Lipinski definition) is 4. The molecule has 1 amide bonds. The van der Waals surface area contributed by atoms with Crippen LogP contribution in [0.3, 0.4) is 0 Å². The van der Waals surface area contributed by atoms with Crippen LogP contribution in [0.15, 0.2) is 83.9 Å². The van der Waals surface area contributed by atoms with Crippen molar-refractivity contribution in [1.29, 1.82) is 0 Å². The van der Waals surface area contributed by atoms with Crippen molar-refractivity contribution in [1.82, 2.24) is 14.3 Å². The van der Waals surface area contributed by atoms with Gasteiger partial charge in [0.05, 0.1) is 31.5 Å². The van der Waals surface area contributed by atoms with E-state index < -0.39 is 0 Å². The van der Waals surface area contributed by atoms with Crippen LogP contribution in [0.4, 0.5) is 5.69 Å². The van der Waals surface area contributed by atoms with Gasteiger partial charge in [-0.15, -0.1) is 0 Å². The highest BCUT2D eigenvalue weighted by Gasteiger charge is 2.43. The molecule has 1 unspecified atom stereocenters. The molecular formula is C31H40N4O2+2. The molecule has 1 saturated heterocycles. The van der Waals surface area contributed by atoms with E-state index in [1.807, 2.05) is 31.3 Å². The molecule has 0 radical (unpaired) electrons. The van der Waals surface area contributed by atoms with Crippen LogP contribution in [-0.4, -0.2) is 86.0 Å². The normalized spacial score (nSPS) is 22.8. The highest BCUT2D eigenvalue weighted by molar-refractivity contribution is 6.00. The van der Waals surface area contributed by atoms with Gasteiger partial charge in [-0.2, -0.15) is 0 Å². The number of nitrogens with zero attached hydrogens (tertiary/aromatic N) is 4. The molecule has 3 heterocycles. The summed E-state index contributed by atoms with van der Waals surface area (Å²) in [6, 6.07) is 20.5. The Balaban J connectivity index is 1.34. The third kappa shape index (κ3) is 5.71. The molecule has 6 heteroatoms. The Labute approximate surface area is 221 Å². The number of para-hydroxylation sites is 1. The maximum absolute atomic E-state index is 14.2. The fourth-order valence-electron chi connectivity index (χ4n) is 5.60. The number of carbonyl (C=O) groups is 1. The molecule has 2 aromatic rings. The summed E-state index contributed by atoms with van der Waals surface area (Å²) in [4.78, 5) is 19.2. The molecule has 1 fully saturated rings. The van der Waals surface area contributed by atoms with Gasteiger partial charge in [0.25, 0.3) is 0 Å². The van der Waals surface area contributed by atoms with E-state index in [1.54, 1.807) is 0 Å². The van der Waals surface area contributed by atoms with Crippen molar-refractivity contribution in [2.45, 2.75) is 26.2 Å². The second kappa shape index (κ2) is 11.4. The molecule has 6 nitrogen and oxygen atoms in total.